The normalized spacial score (nSPS) is 15.0. The molecule has 0 radical (unpaired) electrons. The average Bonchev–Trinajstić information content (AvgIpc) is 3.81. The van der Waals surface area contributed by atoms with Crippen LogP contribution in [0.3, 0.4) is 0 Å². The van der Waals surface area contributed by atoms with E-state index in [9.17, 15) is 0 Å². The third kappa shape index (κ3) is 3.95. The van der Waals surface area contributed by atoms with Crippen molar-refractivity contribution in [2.45, 2.75) is 37.5 Å². The van der Waals surface area contributed by atoms with Crippen molar-refractivity contribution in [3.63, 3.8) is 0 Å². The summed E-state index contributed by atoms with van der Waals surface area (Å²) in [5.41, 5.74) is 10.1. The van der Waals surface area contributed by atoms with Crippen LogP contribution in [0.15, 0.2) is 133 Å². The summed E-state index contributed by atoms with van der Waals surface area (Å²) >= 11 is 1.81. The third-order valence-corrected chi connectivity index (χ3v) is 12.5. The maximum Gasteiger partial charge on any atom is 0.238 e. The fourth-order valence-corrected chi connectivity index (χ4v) is 10.3. The minimum absolute atomic E-state index is 0.0515. The molecule has 3 heterocycles. The summed E-state index contributed by atoms with van der Waals surface area (Å²) in [7, 11) is 0. The first-order chi connectivity index (χ1) is 24.8. The molecule has 4 nitrogen and oxygen atoms in total. The molecular weight excluding hydrogens is 629 g/mol. The van der Waals surface area contributed by atoms with Crippen LogP contribution in [0.2, 0.25) is 0 Å². The van der Waals surface area contributed by atoms with Crippen LogP contribution in [0.1, 0.15) is 43.2 Å². The van der Waals surface area contributed by atoms with Gasteiger partial charge in [0.25, 0.3) is 0 Å². The van der Waals surface area contributed by atoms with Gasteiger partial charge in [-0.3, -0.25) is 4.57 Å². The number of thiophene rings is 1. The molecular formula is C45H32N4S. The second kappa shape index (κ2) is 10.7. The van der Waals surface area contributed by atoms with E-state index in [2.05, 4.69) is 132 Å². The van der Waals surface area contributed by atoms with Gasteiger partial charge in [-0.05, 0) is 65.4 Å². The second-order valence-electron chi connectivity index (χ2n) is 13.9. The van der Waals surface area contributed by atoms with E-state index >= 15 is 0 Å². The van der Waals surface area contributed by atoms with Crippen molar-refractivity contribution in [1.29, 1.82) is 0 Å². The van der Waals surface area contributed by atoms with Crippen molar-refractivity contribution >= 4 is 53.3 Å². The molecule has 3 aromatic heterocycles. The zero-order chi connectivity index (χ0) is 32.8. The standard InChI is InChI=1S/C45H32N4S/c1-3-14-28(15-4-1)42-46-43(33-20-13-19-32-31-18-7-10-23-40(31)50-41(32)33)48-44(47-42)49-38-22-9-6-17-30(38)35-26-34-29-16-5-8-21-36(29)45(24-11-2-12-25-45)37(34)27-39(35)49/h1,3-10,13-23,26-27H,2,11-12,24-25H2. The Balaban J connectivity index is 1.22. The summed E-state index contributed by atoms with van der Waals surface area (Å²) in [5, 5.41) is 4.94. The zero-order valence-electron chi connectivity index (χ0n) is 27.4. The molecule has 6 aromatic carbocycles. The molecule has 0 unspecified atom stereocenters. The van der Waals surface area contributed by atoms with Crippen LogP contribution in [-0.2, 0) is 5.41 Å². The number of rotatable bonds is 3. The van der Waals surface area contributed by atoms with Crippen molar-refractivity contribution in [3.8, 4) is 39.9 Å². The molecule has 0 atom stereocenters. The minimum atomic E-state index is 0.0515. The van der Waals surface area contributed by atoms with E-state index in [0.717, 1.165) is 22.2 Å². The quantitative estimate of drug-likeness (QED) is 0.189. The van der Waals surface area contributed by atoms with Crippen LogP contribution in [0.4, 0.5) is 0 Å². The van der Waals surface area contributed by atoms with Gasteiger partial charge < -0.3 is 0 Å². The fraction of sp³-hybridized carbons (Fsp3) is 0.133. The van der Waals surface area contributed by atoms with Gasteiger partial charge in [-0.25, -0.2) is 4.98 Å². The Bertz CT molecular complexity index is 2800. The predicted molar refractivity (Wildman–Crippen MR) is 207 cm³/mol. The number of para-hydroxylation sites is 1. The van der Waals surface area contributed by atoms with E-state index in [1.807, 2.05) is 6.07 Å². The van der Waals surface area contributed by atoms with Crippen molar-refractivity contribution in [1.82, 2.24) is 19.5 Å². The van der Waals surface area contributed by atoms with E-state index in [0.29, 0.717) is 17.6 Å². The first kappa shape index (κ1) is 28.2. The van der Waals surface area contributed by atoms with Gasteiger partial charge in [0.2, 0.25) is 5.95 Å². The third-order valence-electron chi connectivity index (χ3n) is 11.3. The first-order valence-corrected chi connectivity index (χ1v) is 18.5. The second-order valence-corrected chi connectivity index (χ2v) is 14.9. The molecule has 5 heteroatoms. The van der Waals surface area contributed by atoms with Gasteiger partial charge in [-0.15, -0.1) is 11.3 Å². The first-order valence-electron chi connectivity index (χ1n) is 17.7. The molecule has 0 N–H and O–H groups in total. The smallest absolute Gasteiger partial charge is 0.238 e. The lowest BCUT2D eigenvalue weighted by molar-refractivity contribution is 0.353. The Morgan fingerprint density at radius 2 is 1.22 bits per heavy atom. The SMILES string of the molecule is c1ccc(-c2nc(-c3cccc4c3sc3ccccc34)nc(-n3c4ccccc4c4cc5c(cc43)C3(CCCCC3)c3ccccc3-5)n2)cc1. The van der Waals surface area contributed by atoms with Crippen molar-refractivity contribution in [2.75, 3.05) is 0 Å². The van der Waals surface area contributed by atoms with Gasteiger partial charge in [0.05, 0.1) is 11.0 Å². The van der Waals surface area contributed by atoms with Crippen LogP contribution in [-0.4, -0.2) is 19.5 Å². The molecule has 238 valence electrons. The highest BCUT2D eigenvalue weighted by molar-refractivity contribution is 7.26. The van der Waals surface area contributed by atoms with Crippen molar-refractivity contribution in [3.05, 3.63) is 145 Å². The van der Waals surface area contributed by atoms with E-state index in [-0.39, 0.29) is 5.41 Å². The number of aromatic nitrogens is 4. The van der Waals surface area contributed by atoms with Crippen LogP contribution >= 0.6 is 11.3 Å². The predicted octanol–water partition coefficient (Wildman–Crippen LogP) is 11.9. The molecule has 0 saturated heterocycles. The summed E-state index contributed by atoms with van der Waals surface area (Å²) < 4.78 is 4.76. The molecule has 1 spiro atoms. The van der Waals surface area contributed by atoms with Gasteiger partial charge in [-0.2, -0.15) is 9.97 Å². The molecule has 0 amide bonds. The Morgan fingerprint density at radius 1 is 0.500 bits per heavy atom. The van der Waals surface area contributed by atoms with Crippen molar-refractivity contribution in [2.24, 2.45) is 0 Å². The van der Waals surface area contributed by atoms with E-state index in [1.54, 1.807) is 11.3 Å². The highest BCUT2D eigenvalue weighted by Gasteiger charge is 2.44. The lowest BCUT2D eigenvalue weighted by Crippen LogP contribution is -2.28. The number of nitrogens with zero attached hydrogens (tertiary/aromatic N) is 4. The Labute approximate surface area is 293 Å². The lowest BCUT2D eigenvalue weighted by atomic mass is 9.68. The summed E-state index contributed by atoms with van der Waals surface area (Å²) in [6.45, 7) is 0. The van der Waals surface area contributed by atoms with Crippen LogP contribution in [0, 0.1) is 0 Å². The average molecular weight is 661 g/mol. The number of hydrogen-bond acceptors (Lipinski definition) is 4. The highest BCUT2D eigenvalue weighted by Crippen LogP contribution is 2.57. The highest BCUT2D eigenvalue weighted by atomic mass is 32.1. The summed E-state index contributed by atoms with van der Waals surface area (Å²) in [6, 6.07) is 48.3. The zero-order valence-corrected chi connectivity index (χ0v) is 28.3. The molecule has 1 fully saturated rings. The van der Waals surface area contributed by atoms with Gasteiger partial charge in [0.1, 0.15) is 0 Å². The van der Waals surface area contributed by atoms with Gasteiger partial charge in [0, 0.05) is 47.5 Å². The van der Waals surface area contributed by atoms with E-state index in [1.165, 1.54) is 85.3 Å². The Kier molecular flexibility index (Phi) is 6.02. The number of fused-ring (bicyclic) bond motifs is 11. The van der Waals surface area contributed by atoms with Gasteiger partial charge in [-0.1, -0.05) is 122 Å². The van der Waals surface area contributed by atoms with Gasteiger partial charge >= 0.3 is 0 Å². The number of hydrogen-bond donors (Lipinski definition) is 0. The van der Waals surface area contributed by atoms with Crippen LogP contribution in [0.25, 0.3) is 81.8 Å². The molecule has 0 aliphatic heterocycles. The maximum absolute atomic E-state index is 5.38. The van der Waals surface area contributed by atoms with E-state index in [4.69, 9.17) is 15.0 Å². The topological polar surface area (TPSA) is 43.6 Å². The fourth-order valence-electron chi connectivity index (χ4n) is 9.05. The maximum atomic E-state index is 5.38. The number of benzene rings is 6. The molecule has 2 aliphatic rings. The summed E-state index contributed by atoms with van der Waals surface area (Å²) in [5.74, 6) is 2.01. The molecule has 9 aromatic rings. The Morgan fingerprint density at radius 3 is 2.12 bits per heavy atom. The molecule has 2 aliphatic carbocycles. The molecule has 0 bridgehead atoms. The summed E-state index contributed by atoms with van der Waals surface area (Å²) in [6.07, 6.45) is 6.21. The van der Waals surface area contributed by atoms with Crippen molar-refractivity contribution < 1.29 is 0 Å². The minimum Gasteiger partial charge on any atom is -0.278 e. The molecule has 50 heavy (non-hydrogen) atoms. The monoisotopic (exact) mass is 660 g/mol. The van der Waals surface area contributed by atoms with E-state index < -0.39 is 0 Å². The van der Waals surface area contributed by atoms with Crippen LogP contribution < -0.4 is 0 Å². The summed E-state index contributed by atoms with van der Waals surface area (Å²) in [4.78, 5) is 15.8. The van der Waals surface area contributed by atoms with Gasteiger partial charge in [0.15, 0.2) is 11.6 Å². The van der Waals surface area contributed by atoms with Crippen LogP contribution in [0.5, 0.6) is 0 Å². The Hall–Kier alpha value is -5.65. The lowest BCUT2D eigenvalue weighted by Gasteiger charge is -2.36. The largest absolute Gasteiger partial charge is 0.278 e. The molecule has 11 rings (SSSR count). The molecule has 1 saturated carbocycles.